The predicted molar refractivity (Wildman–Crippen MR) is 78.3 cm³/mol. The Balaban J connectivity index is 2.22. The number of amides is 1. The second-order valence-corrected chi connectivity index (χ2v) is 4.97. The van der Waals surface area contributed by atoms with Crippen molar-refractivity contribution in [1.82, 2.24) is 10.3 Å². The highest BCUT2D eigenvalue weighted by molar-refractivity contribution is 5.96. The van der Waals surface area contributed by atoms with Crippen LogP contribution in [0, 0.1) is 0 Å². The van der Waals surface area contributed by atoms with E-state index in [0.717, 1.165) is 6.07 Å². The monoisotopic (exact) mass is 338 g/mol. The molecule has 1 aromatic carbocycles. The molecule has 0 fully saturated rings. The van der Waals surface area contributed by atoms with Crippen LogP contribution in [0.4, 0.5) is 13.2 Å². The van der Waals surface area contributed by atoms with Crippen LogP contribution < -0.4 is 5.32 Å². The number of hydrogen-bond acceptors (Lipinski definition) is 3. The molecule has 2 N–H and O–H groups in total. The number of hydrogen-bond donors (Lipinski definition) is 2. The van der Waals surface area contributed by atoms with Gasteiger partial charge in [0.05, 0.1) is 11.1 Å². The number of nitrogens with zero attached hydrogens (tertiary/aromatic N) is 1. The lowest BCUT2D eigenvalue weighted by molar-refractivity contribution is -0.141. The maximum absolute atomic E-state index is 13.0. The molecule has 8 heteroatoms. The highest BCUT2D eigenvalue weighted by Gasteiger charge is 2.34. The molecule has 0 saturated heterocycles. The molecule has 0 unspecified atom stereocenters. The molecule has 1 heterocycles. The zero-order chi connectivity index (χ0) is 17.7. The molecule has 2 aromatic rings. The van der Waals surface area contributed by atoms with E-state index in [4.69, 9.17) is 0 Å². The van der Waals surface area contributed by atoms with E-state index in [1.807, 2.05) is 0 Å². The number of carboxylic acid groups (broad SMARTS) is 1. The van der Waals surface area contributed by atoms with Gasteiger partial charge in [0.15, 0.2) is 0 Å². The third-order valence-corrected chi connectivity index (χ3v) is 3.27. The fourth-order valence-corrected chi connectivity index (χ4v) is 2.13. The molecule has 0 aliphatic carbocycles. The molecule has 0 radical (unpaired) electrons. The Kier molecular flexibility index (Phi) is 5.18. The number of carbonyl (C=O) groups excluding carboxylic acids is 1. The first kappa shape index (κ1) is 17.5. The van der Waals surface area contributed by atoms with Gasteiger partial charge in [0.25, 0.3) is 5.91 Å². The first-order valence-electron chi connectivity index (χ1n) is 6.88. The average molecular weight is 338 g/mol. The van der Waals surface area contributed by atoms with E-state index in [0.29, 0.717) is 0 Å². The quantitative estimate of drug-likeness (QED) is 0.878. The first-order valence-corrected chi connectivity index (χ1v) is 6.88. The Morgan fingerprint density at radius 2 is 1.88 bits per heavy atom. The molecule has 0 aliphatic heterocycles. The third-order valence-electron chi connectivity index (χ3n) is 3.27. The van der Waals surface area contributed by atoms with Crippen molar-refractivity contribution in [1.29, 1.82) is 0 Å². The third kappa shape index (κ3) is 4.31. The number of pyridine rings is 1. The summed E-state index contributed by atoms with van der Waals surface area (Å²) in [4.78, 5) is 27.0. The maximum atomic E-state index is 13.0. The van der Waals surface area contributed by atoms with Crippen LogP contribution in [-0.4, -0.2) is 28.0 Å². The highest BCUT2D eigenvalue weighted by atomic mass is 19.4. The van der Waals surface area contributed by atoms with Crippen LogP contribution in [0.1, 0.15) is 21.5 Å². The van der Waals surface area contributed by atoms with Gasteiger partial charge < -0.3 is 10.4 Å². The zero-order valence-corrected chi connectivity index (χ0v) is 12.2. The van der Waals surface area contributed by atoms with Crippen molar-refractivity contribution in [3.05, 3.63) is 65.5 Å². The van der Waals surface area contributed by atoms with Crippen LogP contribution in [0.3, 0.4) is 0 Å². The van der Waals surface area contributed by atoms with Crippen molar-refractivity contribution in [2.45, 2.75) is 18.6 Å². The number of rotatable bonds is 5. The number of carbonyl (C=O) groups is 2. The van der Waals surface area contributed by atoms with Gasteiger partial charge >= 0.3 is 12.1 Å². The molecule has 0 saturated carbocycles. The van der Waals surface area contributed by atoms with Gasteiger partial charge in [-0.15, -0.1) is 0 Å². The molecule has 1 amide bonds. The molecule has 1 aromatic heterocycles. The summed E-state index contributed by atoms with van der Waals surface area (Å²) in [6.45, 7) is 0. The molecular weight excluding hydrogens is 325 g/mol. The van der Waals surface area contributed by atoms with Gasteiger partial charge in [-0.2, -0.15) is 13.2 Å². The van der Waals surface area contributed by atoms with Crippen molar-refractivity contribution >= 4 is 11.9 Å². The van der Waals surface area contributed by atoms with Crippen molar-refractivity contribution < 1.29 is 27.9 Å². The lowest BCUT2D eigenvalue weighted by atomic mass is 9.99. The summed E-state index contributed by atoms with van der Waals surface area (Å²) < 4.78 is 39.0. The van der Waals surface area contributed by atoms with Crippen LogP contribution in [0.15, 0.2) is 48.8 Å². The van der Waals surface area contributed by atoms with Crippen LogP contribution in [0.25, 0.3) is 0 Å². The van der Waals surface area contributed by atoms with Gasteiger partial charge in [-0.1, -0.05) is 18.2 Å². The Morgan fingerprint density at radius 1 is 1.17 bits per heavy atom. The number of benzene rings is 1. The number of aliphatic carboxylic acids is 1. The molecule has 126 valence electrons. The summed E-state index contributed by atoms with van der Waals surface area (Å²) in [5.74, 6) is -2.15. The minimum Gasteiger partial charge on any atom is -0.480 e. The van der Waals surface area contributed by atoms with Crippen molar-refractivity contribution in [3.63, 3.8) is 0 Å². The second-order valence-electron chi connectivity index (χ2n) is 4.97. The van der Waals surface area contributed by atoms with Gasteiger partial charge in [-0.25, -0.2) is 4.79 Å². The van der Waals surface area contributed by atoms with Crippen LogP contribution in [-0.2, 0) is 17.4 Å². The summed E-state index contributed by atoms with van der Waals surface area (Å²) in [6.07, 6.45) is -2.42. The number of alkyl halides is 3. The minimum atomic E-state index is -4.60. The van der Waals surface area contributed by atoms with E-state index in [9.17, 15) is 27.9 Å². The van der Waals surface area contributed by atoms with Gasteiger partial charge in [0.2, 0.25) is 0 Å². The molecule has 24 heavy (non-hydrogen) atoms. The van der Waals surface area contributed by atoms with Gasteiger partial charge in [-0.3, -0.25) is 9.78 Å². The van der Waals surface area contributed by atoms with E-state index in [2.05, 4.69) is 10.3 Å². The molecule has 1 atom stereocenters. The van der Waals surface area contributed by atoms with Crippen molar-refractivity contribution in [2.75, 3.05) is 0 Å². The Morgan fingerprint density at radius 3 is 2.46 bits per heavy atom. The Bertz CT molecular complexity index is 733. The lowest BCUT2D eigenvalue weighted by Crippen LogP contribution is -2.42. The standard InChI is InChI=1S/C16H13F3N2O3/c17-16(18,19)12-6-2-1-4-10(12)8-13(15(23)24)21-14(22)11-5-3-7-20-9-11/h1-7,9,13H,8H2,(H,21,22)(H,23,24)/t13-/m0/s1. The molecule has 0 bridgehead atoms. The van der Waals surface area contributed by atoms with Gasteiger partial charge in [0.1, 0.15) is 6.04 Å². The number of aromatic nitrogens is 1. The summed E-state index contributed by atoms with van der Waals surface area (Å²) in [7, 11) is 0. The molecule has 5 nitrogen and oxygen atoms in total. The van der Waals surface area contributed by atoms with E-state index in [1.54, 1.807) is 0 Å². The highest BCUT2D eigenvalue weighted by Crippen LogP contribution is 2.32. The van der Waals surface area contributed by atoms with Crippen molar-refractivity contribution in [3.8, 4) is 0 Å². The van der Waals surface area contributed by atoms with Crippen molar-refractivity contribution in [2.24, 2.45) is 0 Å². The van der Waals surface area contributed by atoms with Crippen LogP contribution in [0.2, 0.25) is 0 Å². The van der Waals surface area contributed by atoms with Crippen LogP contribution >= 0.6 is 0 Å². The van der Waals surface area contributed by atoms with E-state index in [1.165, 1.54) is 42.7 Å². The normalized spacial score (nSPS) is 12.5. The van der Waals surface area contributed by atoms with Gasteiger partial charge in [0, 0.05) is 18.8 Å². The largest absolute Gasteiger partial charge is 0.480 e. The lowest BCUT2D eigenvalue weighted by Gasteiger charge is -2.18. The zero-order valence-electron chi connectivity index (χ0n) is 12.2. The Labute approximate surface area is 135 Å². The van der Waals surface area contributed by atoms with Gasteiger partial charge in [-0.05, 0) is 23.8 Å². The SMILES string of the molecule is O=C(N[C@@H](Cc1ccccc1C(F)(F)F)C(=O)O)c1cccnc1. The number of nitrogens with one attached hydrogen (secondary N) is 1. The average Bonchev–Trinajstić information content (AvgIpc) is 2.54. The summed E-state index contributed by atoms with van der Waals surface area (Å²) in [5, 5.41) is 11.4. The van der Waals surface area contributed by atoms with E-state index < -0.39 is 36.1 Å². The first-order chi connectivity index (χ1) is 11.3. The van der Waals surface area contributed by atoms with E-state index >= 15 is 0 Å². The topological polar surface area (TPSA) is 79.3 Å². The van der Waals surface area contributed by atoms with Crippen LogP contribution in [0.5, 0.6) is 0 Å². The smallest absolute Gasteiger partial charge is 0.416 e. The fourth-order valence-electron chi connectivity index (χ4n) is 2.13. The molecule has 0 spiro atoms. The number of halogens is 3. The summed E-state index contributed by atoms with van der Waals surface area (Å²) in [6, 6.07) is 6.07. The molecule has 0 aliphatic rings. The number of carboxylic acids is 1. The fraction of sp³-hybridized carbons (Fsp3) is 0.188. The predicted octanol–water partition coefficient (Wildman–Crippen LogP) is 2.53. The second kappa shape index (κ2) is 7.12. The Hall–Kier alpha value is -2.90. The molecular formula is C16H13F3N2O3. The van der Waals surface area contributed by atoms with E-state index in [-0.39, 0.29) is 11.1 Å². The molecule has 2 rings (SSSR count). The summed E-state index contributed by atoms with van der Waals surface area (Å²) >= 11 is 0. The maximum Gasteiger partial charge on any atom is 0.416 e. The summed E-state index contributed by atoms with van der Waals surface area (Å²) in [5.41, 5.74) is -1.01. The minimum absolute atomic E-state index is 0.118.